The second-order valence-corrected chi connectivity index (χ2v) is 6.67. The third kappa shape index (κ3) is 4.71. The van der Waals surface area contributed by atoms with E-state index in [-0.39, 0.29) is 0 Å². The molecule has 3 rings (SSSR count). The molecule has 0 aliphatic carbocycles. The Morgan fingerprint density at radius 1 is 0.950 bits per heavy atom. The highest BCUT2D eigenvalue weighted by molar-refractivity contribution is 4.94. The van der Waals surface area contributed by atoms with Crippen LogP contribution in [-0.2, 0) is 0 Å². The number of rotatable bonds is 10. The summed E-state index contributed by atoms with van der Waals surface area (Å²) in [6.45, 7) is 12.3. The number of piperazine rings is 3. The van der Waals surface area contributed by atoms with Crippen molar-refractivity contribution in [1.29, 1.82) is 0 Å². The molecule has 20 heavy (non-hydrogen) atoms. The van der Waals surface area contributed by atoms with Gasteiger partial charge < -0.3 is 5.32 Å². The van der Waals surface area contributed by atoms with Crippen molar-refractivity contribution in [2.45, 2.75) is 70.9 Å². The maximum Gasteiger partial charge on any atom is 0.0377 e. The van der Waals surface area contributed by atoms with E-state index in [9.17, 15) is 0 Å². The summed E-state index contributed by atoms with van der Waals surface area (Å²) in [6, 6.07) is 1.50. The van der Waals surface area contributed by atoms with E-state index < -0.39 is 0 Å². The fourth-order valence-corrected chi connectivity index (χ4v) is 3.77. The Hall–Kier alpha value is -0.120. The summed E-state index contributed by atoms with van der Waals surface area (Å²) >= 11 is 0. The Morgan fingerprint density at radius 2 is 1.70 bits per heavy atom. The Balaban J connectivity index is 1.77. The number of unbranched alkanes of at least 4 members (excludes halogenated alkanes) is 4. The number of hydrogen-bond donors (Lipinski definition) is 1. The Labute approximate surface area is 126 Å². The molecule has 2 unspecified atom stereocenters. The molecule has 2 bridgehead atoms. The van der Waals surface area contributed by atoms with Crippen LogP contribution in [-0.4, -0.2) is 61.2 Å². The molecule has 3 fully saturated rings. The topological polar surface area (TPSA) is 18.5 Å². The lowest BCUT2D eigenvalue weighted by Gasteiger charge is -2.50. The molecule has 0 aromatic carbocycles. The van der Waals surface area contributed by atoms with Crippen molar-refractivity contribution in [1.82, 2.24) is 15.1 Å². The molecule has 0 radical (unpaired) electrons. The lowest BCUT2D eigenvalue weighted by atomic mass is 9.95. The molecule has 3 heterocycles. The van der Waals surface area contributed by atoms with Crippen molar-refractivity contribution >= 4 is 0 Å². The molecule has 0 spiro atoms. The molecule has 118 valence electrons. The van der Waals surface area contributed by atoms with Gasteiger partial charge in [-0.2, -0.15) is 0 Å². The SMILES string of the molecule is CCCCCCCC(NCCC)C1CN2CCN1CC2. The normalized spacial score (nSPS) is 30.6. The summed E-state index contributed by atoms with van der Waals surface area (Å²) in [6.07, 6.45) is 9.65. The van der Waals surface area contributed by atoms with E-state index in [1.807, 2.05) is 0 Å². The van der Waals surface area contributed by atoms with Crippen LogP contribution >= 0.6 is 0 Å². The maximum absolute atomic E-state index is 3.85. The molecule has 2 atom stereocenters. The fourth-order valence-electron chi connectivity index (χ4n) is 3.77. The van der Waals surface area contributed by atoms with Gasteiger partial charge in [-0.05, 0) is 19.4 Å². The molecule has 1 N–H and O–H groups in total. The molecule has 0 amide bonds. The van der Waals surface area contributed by atoms with Crippen LogP contribution in [0.5, 0.6) is 0 Å². The molecule has 3 heteroatoms. The van der Waals surface area contributed by atoms with Crippen molar-refractivity contribution in [3.05, 3.63) is 0 Å². The zero-order chi connectivity index (χ0) is 14.2. The largest absolute Gasteiger partial charge is 0.312 e. The maximum atomic E-state index is 3.85. The average Bonchev–Trinajstić information content (AvgIpc) is 2.51. The Bertz CT molecular complexity index is 249. The van der Waals surface area contributed by atoms with Gasteiger partial charge in [0, 0.05) is 44.8 Å². The van der Waals surface area contributed by atoms with E-state index in [1.165, 1.54) is 84.2 Å². The van der Waals surface area contributed by atoms with Gasteiger partial charge in [0.15, 0.2) is 0 Å². The van der Waals surface area contributed by atoms with E-state index in [0.717, 1.165) is 12.1 Å². The summed E-state index contributed by atoms with van der Waals surface area (Å²) < 4.78 is 0. The number of nitrogens with one attached hydrogen (secondary N) is 1. The molecule has 3 aliphatic rings. The van der Waals surface area contributed by atoms with Crippen LogP contribution in [0.15, 0.2) is 0 Å². The highest BCUT2D eigenvalue weighted by Crippen LogP contribution is 2.21. The molecule has 0 saturated carbocycles. The minimum atomic E-state index is 0.722. The van der Waals surface area contributed by atoms with Gasteiger partial charge >= 0.3 is 0 Å². The van der Waals surface area contributed by atoms with Crippen molar-refractivity contribution in [3.63, 3.8) is 0 Å². The van der Waals surface area contributed by atoms with E-state index >= 15 is 0 Å². The average molecular weight is 281 g/mol. The van der Waals surface area contributed by atoms with E-state index in [2.05, 4.69) is 29.0 Å². The van der Waals surface area contributed by atoms with Crippen molar-refractivity contribution in [2.75, 3.05) is 39.3 Å². The van der Waals surface area contributed by atoms with Gasteiger partial charge in [0.2, 0.25) is 0 Å². The fraction of sp³-hybridized carbons (Fsp3) is 1.00. The van der Waals surface area contributed by atoms with Crippen LogP contribution in [0.25, 0.3) is 0 Å². The van der Waals surface area contributed by atoms with Gasteiger partial charge in [-0.15, -0.1) is 0 Å². The van der Waals surface area contributed by atoms with Gasteiger partial charge in [-0.3, -0.25) is 9.80 Å². The summed E-state index contributed by atoms with van der Waals surface area (Å²) in [5.74, 6) is 0. The molecule has 0 aromatic heterocycles. The molecular weight excluding hydrogens is 246 g/mol. The van der Waals surface area contributed by atoms with Crippen molar-refractivity contribution < 1.29 is 0 Å². The van der Waals surface area contributed by atoms with Crippen molar-refractivity contribution in [3.8, 4) is 0 Å². The van der Waals surface area contributed by atoms with Gasteiger partial charge in [0.25, 0.3) is 0 Å². The van der Waals surface area contributed by atoms with Crippen molar-refractivity contribution in [2.24, 2.45) is 0 Å². The van der Waals surface area contributed by atoms with Crippen LogP contribution in [0.4, 0.5) is 0 Å². The number of hydrogen-bond acceptors (Lipinski definition) is 3. The lowest BCUT2D eigenvalue weighted by Crippen LogP contribution is -2.66. The first-order valence-electron chi connectivity index (χ1n) is 9.05. The Morgan fingerprint density at radius 3 is 2.30 bits per heavy atom. The van der Waals surface area contributed by atoms with E-state index in [4.69, 9.17) is 0 Å². The minimum absolute atomic E-state index is 0.722. The zero-order valence-corrected chi connectivity index (χ0v) is 13.7. The monoisotopic (exact) mass is 281 g/mol. The predicted molar refractivity (Wildman–Crippen MR) is 87.3 cm³/mol. The Kier molecular flexibility index (Phi) is 7.32. The minimum Gasteiger partial charge on any atom is -0.312 e. The van der Waals surface area contributed by atoms with E-state index in [1.54, 1.807) is 0 Å². The van der Waals surface area contributed by atoms with Gasteiger partial charge in [-0.25, -0.2) is 0 Å². The predicted octanol–water partition coefficient (Wildman–Crippen LogP) is 2.71. The van der Waals surface area contributed by atoms with Crippen LogP contribution in [0.1, 0.15) is 58.8 Å². The highest BCUT2D eigenvalue weighted by Gasteiger charge is 2.36. The van der Waals surface area contributed by atoms with Crippen LogP contribution in [0, 0.1) is 0 Å². The second kappa shape index (κ2) is 9.01. The summed E-state index contributed by atoms with van der Waals surface area (Å²) in [7, 11) is 0. The van der Waals surface area contributed by atoms with Gasteiger partial charge in [-0.1, -0.05) is 46.0 Å². The standard InChI is InChI=1S/C17H35N3/c1-3-5-6-7-8-9-16(18-10-4-2)17-15-19-11-13-20(17)14-12-19/h16-18H,3-15H2,1-2H3. The van der Waals surface area contributed by atoms with Crippen LogP contribution in [0.3, 0.4) is 0 Å². The summed E-state index contributed by atoms with van der Waals surface area (Å²) in [4.78, 5) is 5.42. The summed E-state index contributed by atoms with van der Waals surface area (Å²) in [5, 5.41) is 3.85. The van der Waals surface area contributed by atoms with Crippen LogP contribution in [0.2, 0.25) is 0 Å². The van der Waals surface area contributed by atoms with Gasteiger partial charge in [0.05, 0.1) is 0 Å². The first kappa shape index (κ1) is 16.3. The second-order valence-electron chi connectivity index (χ2n) is 6.67. The third-order valence-electron chi connectivity index (χ3n) is 5.06. The lowest BCUT2D eigenvalue weighted by molar-refractivity contribution is -0.00479. The smallest absolute Gasteiger partial charge is 0.0377 e. The van der Waals surface area contributed by atoms with E-state index in [0.29, 0.717) is 0 Å². The molecule has 3 nitrogen and oxygen atoms in total. The van der Waals surface area contributed by atoms with Gasteiger partial charge in [0.1, 0.15) is 0 Å². The number of fused-ring (bicyclic) bond motifs is 3. The molecule has 0 aromatic rings. The third-order valence-corrected chi connectivity index (χ3v) is 5.06. The molecular formula is C17H35N3. The van der Waals surface area contributed by atoms with Crippen LogP contribution < -0.4 is 5.32 Å². The summed E-state index contributed by atoms with van der Waals surface area (Å²) in [5.41, 5.74) is 0. The number of nitrogens with zero attached hydrogens (tertiary/aromatic N) is 2. The molecule has 3 saturated heterocycles. The highest BCUT2D eigenvalue weighted by atomic mass is 15.4. The zero-order valence-electron chi connectivity index (χ0n) is 13.7. The molecule has 3 aliphatic heterocycles. The first-order valence-corrected chi connectivity index (χ1v) is 9.05. The first-order chi connectivity index (χ1) is 9.85. The quantitative estimate of drug-likeness (QED) is 0.621.